The van der Waals surface area contributed by atoms with Gasteiger partial charge in [0.15, 0.2) is 0 Å². The average molecular weight is 299 g/mol. The lowest BCUT2D eigenvalue weighted by molar-refractivity contribution is -0.384. The van der Waals surface area contributed by atoms with Crippen molar-refractivity contribution in [3.05, 3.63) is 99.6 Å². The maximum atomic E-state index is 10.8. The van der Waals surface area contributed by atoms with Crippen LogP contribution in [0.3, 0.4) is 0 Å². The number of rotatable bonds is 2. The summed E-state index contributed by atoms with van der Waals surface area (Å²) in [4.78, 5) is 10.4. The zero-order chi connectivity index (χ0) is 15.8. The van der Waals surface area contributed by atoms with Gasteiger partial charge in [-0.15, -0.1) is 0 Å². The first-order valence-corrected chi connectivity index (χ1v) is 7.39. The zero-order valence-corrected chi connectivity index (χ0v) is 12.3. The second-order valence-corrected chi connectivity index (χ2v) is 5.50. The highest BCUT2D eigenvalue weighted by molar-refractivity contribution is 6.06. The molecule has 1 aliphatic rings. The number of hydrogen-bond donors (Lipinski definition) is 0. The highest BCUT2D eigenvalue weighted by Gasteiger charge is 2.22. The van der Waals surface area contributed by atoms with Crippen LogP contribution in [0.5, 0.6) is 0 Å². The Hall–Kier alpha value is -3.20. The van der Waals surface area contributed by atoms with Gasteiger partial charge in [-0.25, -0.2) is 0 Å². The SMILES string of the molecule is O=[N+]([O-])c1ccc(C=C2c3ccccc3-c3ccccc32)cc1. The van der Waals surface area contributed by atoms with Gasteiger partial charge in [-0.2, -0.15) is 0 Å². The number of fused-ring (bicyclic) bond motifs is 3. The Morgan fingerprint density at radius 1 is 0.696 bits per heavy atom. The van der Waals surface area contributed by atoms with Gasteiger partial charge in [0, 0.05) is 12.1 Å². The molecule has 0 bridgehead atoms. The smallest absolute Gasteiger partial charge is 0.258 e. The normalized spacial score (nSPS) is 11.7. The Kier molecular flexibility index (Phi) is 3.05. The first-order valence-electron chi connectivity index (χ1n) is 7.39. The molecule has 0 spiro atoms. The van der Waals surface area contributed by atoms with Crippen LogP contribution in [0.25, 0.3) is 22.8 Å². The van der Waals surface area contributed by atoms with E-state index in [1.165, 1.54) is 22.3 Å². The second-order valence-electron chi connectivity index (χ2n) is 5.50. The Balaban J connectivity index is 1.86. The van der Waals surface area contributed by atoms with E-state index in [2.05, 4.69) is 30.3 Å². The molecule has 0 unspecified atom stereocenters. The number of non-ortho nitro benzene ring substituents is 1. The summed E-state index contributed by atoms with van der Waals surface area (Å²) >= 11 is 0. The maximum absolute atomic E-state index is 10.8. The summed E-state index contributed by atoms with van der Waals surface area (Å²) < 4.78 is 0. The molecule has 1 aliphatic carbocycles. The number of hydrogen-bond acceptors (Lipinski definition) is 2. The molecule has 3 aromatic rings. The zero-order valence-electron chi connectivity index (χ0n) is 12.3. The van der Waals surface area contributed by atoms with Gasteiger partial charge in [-0.05, 0) is 51.6 Å². The van der Waals surface area contributed by atoms with Crippen molar-refractivity contribution in [2.75, 3.05) is 0 Å². The van der Waals surface area contributed by atoms with E-state index >= 15 is 0 Å². The fraction of sp³-hybridized carbons (Fsp3) is 0. The van der Waals surface area contributed by atoms with Crippen molar-refractivity contribution in [3.8, 4) is 11.1 Å². The van der Waals surface area contributed by atoms with Gasteiger partial charge < -0.3 is 0 Å². The van der Waals surface area contributed by atoms with E-state index in [1.807, 2.05) is 24.3 Å². The van der Waals surface area contributed by atoms with Crippen molar-refractivity contribution >= 4 is 17.3 Å². The standard InChI is InChI=1S/C20H13NO2/c22-21(23)15-11-9-14(10-12-15)13-20-18-7-3-1-5-16(18)17-6-2-4-8-19(17)20/h1-13H. The summed E-state index contributed by atoms with van der Waals surface area (Å²) in [6, 6.07) is 23.3. The van der Waals surface area contributed by atoms with Gasteiger partial charge in [0.1, 0.15) is 0 Å². The minimum atomic E-state index is -0.378. The molecule has 4 rings (SSSR count). The Morgan fingerprint density at radius 3 is 1.65 bits per heavy atom. The minimum Gasteiger partial charge on any atom is -0.258 e. The van der Waals surface area contributed by atoms with Crippen LogP contribution >= 0.6 is 0 Å². The lowest BCUT2D eigenvalue weighted by Crippen LogP contribution is -1.87. The fourth-order valence-electron chi connectivity index (χ4n) is 3.07. The third kappa shape index (κ3) is 2.23. The van der Waals surface area contributed by atoms with Gasteiger partial charge in [0.05, 0.1) is 4.92 Å². The average Bonchev–Trinajstić information content (AvgIpc) is 2.90. The van der Waals surface area contributed by atoms with Crippen LogP contribution in [0.1, 0.15) is 16.7 Å². The van der Waals surface area contributed by atoms with Crippen LogP contribution < -0.4 is 0 Å². The van der Waals surface area contributed by atoms with E-state index in [4.69, 9.17) is 0 Å². The van der Waals surface area contributed by atoms with Gasteiger partial charge in [0.25, 0.3) is 5.69 Å². The van der Waals surface area contributed by atoms with Crippen molar-refractivity contribution in [1.82, 2.24) is 0 Å². The van der Waals surface area contributed by atoms with Gasteiger partial charge in [-0.3, -0.25) is 10.1 Å². The van der Waals surface area contributed by atoms with Crippen molar-refractivity contribution in [3.63, 3.8) is 0 Å². The van der Waals surface area contributed by atoms with Gasteiger partial charge in [0.2, 0.25) is 0 Å². The van der Waals surface area contributed by atoms with Crippen LogP contribution in [0.4, 0.5) is 5.69 Å². The molecule has 0 heterocycles. The third-order valence-corrected chi connectivity index (χ3v) is 4.14. The molecule has 0 fully saturated rings. The molecule has 3 aromatic carbocycles. The Bertz CT molecular complexity index is 892. The number of nitro groups is 1. The van der Waals surface area contributed by atoms with E-state index in [0.717, 1.165) is 11.1 Å². The highest BCUT2D eigenvalue weighted by atomic mass is 16.6. The third-order valence-electron chi connectivity index (χ3n) is 4.14. The Morgan fingerprint density at radius 2 is 1.17 bits per heavy atom. The summed E-state index contributed by atoms with van der Waals surface area (Å²) in [5, 5.41) is 10.8. The highest BCUT2D eigenvalue weighted by Crippen LogP contribution is 2.44. The number of nitrogens with zero attached hydrogens (tertiary/aromatic N) is 1. The lowest BCUT2D eigenvalue weighted by Gasteiger charge is -2.03. The van der Waals surface area contributed by atoms with Crippen LogP contribution in [0, 0.1) is 10.1 Å². The quantitative estimate of drug-likeness (QED) is 0.379. The van der Waals surface area contributed by atoms with E-state index in [9.17, 15) is 10.1 Å². The minimum absolute atomic E-state index is 0.111. The van der Waals surface area contributed by atoms with Crippen LogP contribution in [0.15, 0.2) is 72.8 Å². The predicted octanol–water partition coefficient (Wildman–Crippen LogP) is 5.16. The molecule has 23 heavy (non-hydrogen) atoms. The molecule has 0 atom stereocenters. The lowest BCUT2D eigenvalue weighted by atomic mass is 10.0. The van der Waals surface area contributed by atoms with Crippen molar-refractivity contribution in [1.29, 1.82) is 0 Å². The largest absolute Gasteiger partial charge is 0.269 e. The van der Waals surface area contributed by atoms with Crippen molar-refractivity contribution in [2.24, 2.45) is 0 Å². The molecule has 0 aliphatic heterocycles. The topological polar surface area (TPSA) is 43.1 Å². The van der Waals surface area contributed by atoms with Crippen molar-refractivity contribution in [2.45, 2.75) is 0 Å². The molecule has 0 saturated heterocycles. The molecule has 0 amide bonds. The first-order chi connectivity index (χ1) is 11.2. The molecule has 0 saturated carbocycles. The molecule has 3 heteroatoms. The van der Waals surface area contributed by atoms with Crippen LogP contribution in [-0.2, 0) is 0 Å². The van der Waals surface area contributed by atoms with E-state index < -0.39 is 0 Å². The van der Waals surface area contributed by atoms with Gasteiger partial charge in [-0.1, -0.05) is 48.5 Å². The first kappa shape index (κ1) is 13.5. The van der Waals surface area contributed by atoms with E-state index in [1.54, 1.807) is 24.3 Å². The van der Waals surface area contributed by atoms with Gasteiger partial charge >= 0.3 is 0 Å². The molecular formula is C20H13NO2. The van der Waals surface area contributed by atoms with Crippen molar-refractivity contribution < 1.29 is 4.92 Å². The number of benzene rings is 3. The fourth-order valence-corrected chi connectivity index (χ4v) is 3.07. The number of nitro benzene ring substituents is 1. The summed E-state index contributed by atoms with van der Waals surface area (Å²) in [6.45, 7) is 0. The molecule has 3 nitrogen and oxygen atoms in total. The molecule has 0 radical (unpaired) electrons. The second kappa shape index (κ2) is 5.21. The maximum Gasteiger partial charge on any atom is 0.269 e. The molecular weight excluding hydrogens is 286 g/mol. The summed E-state index contributed by atoms with van der Waals surface area (Å²) in [7, 11) is 0. The summed E-state index contributed by atoms with van der Waals surface area (Å²) in [6.07, 6.45) is 2.09. The van der Waals surface area contributed by atoms with Crippen LogP contribution in [0.2, 0.25) is 0 Å². The molecule has 0 aromatic heterocycles. The van der Waals surface area contributed by atoms with Crippen LogP contribution in [-0.4, -0.2) is 4.92 Å². The summed E-state index contributed by atoms with van der Waals surface area (Å²) in [5.74, 6) is 0. The Labute approximate surface area is 133 Å². The van der Waals surface area contributed by atoms with E-state index in [0.29, 0.717) is 0 Å². The predicted molar refractivity (Wildman–Crippen MR) is 91.9 cm³/mol. The van der Waals surface area contributed by atoms with E-state index in [-0.39, 0.29) is 10.6 Å². The summed E-state index contributed by atoms with van der Waals surface area (Å²) in [5.41, 5.74) is 7.09. The molecule has 0 N–H and O–H groups in total. The molecule has 110 valence electrons. The monoisotopic (exact) mass is 299 g/mol.